The summed E-state index contributed by atoms with van der Waals surface area (Å²) in [4.78, 5) is 0. The van der Waals surface area contributed by atoms with Crippen LogP contribution < -0.4 is 5.32 Å². The maximum atomic E-state index is 12.4. The highest BCUT2D eigenvalue weighted by atomic mass is 32.2. The fourth-order valence-corrected chi connectivity index (χ4v) is 3.15. The molecule has 1 aliphatic rings. The van der Waals surface area contributed by atoms with Gasteiger partial charge in [0, 0.05) is 19.6 Å². The monoisotopic (exact) mass is 300 g/mol. The summed E-state index contributed by atoms with van der Waals surface area (Å²) in [5.41, 5.74) is 0. The average molecular weight is 300 g/mol. The highest BCUT2D eigenvalue weighted by molar-refractivity contribution is 7.89. The van der Waals surface area contributed by atoms with Gasteiger partial charge in [-0.05, 0) is 30.9 Å². The second-order valence-corrected chi connectivity index (χ2v) is 7.65. The number of sulfonamides is 1. The Morgan fingerprint density at radius 3 is 2.75 bits per heavy atom. The van der Waals surface area contributed by atoms with Gasteiger partial charge in [-0.3, -0.25) is 0 Å². The largest absolute Gasteiger partial charge is 0.447 e. The molecule has 1 N–H and O–H groups in total. The summed E-state index contributed by atoms with van der Waals surface area (Å²) >= 11 is 0. The van der Waals surface area contributed by atoms with Gasteiger partial charge < -0.3 is 9.73 Å². The van der Waals surface area contributed by atoms with Crippen molar-refractivity contribution in [3.05, 3.63) is 17.9 Å². The van der Waals surface area contributed by atoms with Crippen molar-refractivity contribution in [1.29, 1.82) is 0 Å². The first-order valence-electron chi connectivity index (χ1n) is 7.22. The molecule has 2 rings (SSSR count). The summed E-state index contributed by atoms with van der Waals surface area (Å²) in [6, 6.07) is 3.86. The molecule has 1 aromatic rings. The lowest BCUT2D eigenvalue weighted by Crippen LogP contribution is -2.30. The summed E-state index contributed by atoms with van der Waals surface area (Å²) in [6.45, 7) is 5.20. The third kappa shape index (κ3) is 3.84. The second kappa shape index (κ2) is 6.28. The molecule has 1 aliphatic carbocycles. The number of furan rings is 1. The van der Waals surface area contributed by atoms with Crippen LogP contribution in [0.4, 0.5) is 0 Å². The summed E-state index contributed by atoms with van der Waals surface area (Å²) in [5.74, 6) is 1.01. The molecule has 1 saturated carbocycles. The van der Waals surface area contributed by atoms with Crippen molar-refractivity contribution < 1.29 is 12.8 Å². The van der Waals surface area contributed by atoms with Crippen LogP contribution in [0.5, 0.6) is 0 Å². The molecule has 0 radical (unpaired) electrons. The predicted octanol–water partition coefficient (Wildman–Crippen LogP) is 2.20. The minimum Gasteiger partial charge on any atom is -0.447 e. The number of nitrogens with one attached hydrogen (secondary N) is 1. The van der Waals surface area contributed by atoms with Crippen LogP contribution in [0.3, 0.4) is 0 Å². The van der Waals surface area contributed by atoms with Gasteiger partial charge in [-0.25, -0.2) is 8.42 Å². The van der Waals surface area contributed by atoms with Crippen LogP contribution in [0.2, 0.25) is 0 Å². The van der Waals surface area contributed by atoms with E-state index in [4.69, 9.17) is 4.42 Å². The molecule has 0 bridgehead atoms. The zero-order valence-corrected chi connectivity index (χ0v) is 13.2. The van der Waals surface area contributed by atoms with E-state index >= 15 is 0 Å². The molecule has 0 aliphatic heterocycles. The van der Waals surface area contributed by atoms with Gasteiger partial charge in [0.05, 0.1) is 6.54 Å². The van der Waals surface area contributed by atoms with Crippen LogP contribution in [-0.2, 0) is 16.6 Å². The van der Waals surface area contributed by atoms with E-state index < -0.39 is 10.0 Å². The van der Waals surface area contributed by atoms with Crippen LogP contribution in [0.25, 0.3) is 0 Å². The van der Waals surface area contributed by atoms with Gasteiger partial charge in [-0.2, -0.15) is 4.31 Å². The van der Waals surface area contributed by atoms with E-state index in [1.165, 1.54) is 17.1 Å². The smallest absolute Gasteiger partial charge is 0.276 e. The molecular weight excluding hydrogens is 276 g/mol. The molecule has 1 aromatic heterocycles. The van der Waals surface area contributed by atoms with E-state index in [0.29, 0.717) is 30.8 Å². The number of hydrogen-bond donors (Lipinski definition) is 1. The van der Waals surface area contributed by atoms with Crippen LogP contribution in [0.1, 0.15) is 38.9 Å². The quantitative estimate of drug-likeness (QED) is 0.799. The normalized spacial score (nSPS) is 17.6. The molecule has 0 amide bonds. The van der Waals surface area contributed by atoms with Crippen LogP contribution in [0, 0.1) is 5.92 Å². The third-order valence-corrected chi connectivity index (χ3v) is 5.41. The average Bonchev–Trinajstić information content (AvgIpc) is 3.12. The van der Waals surface area contributed by atoms with Gasteiger partial charge >= 0.3 is 0 Å². The SMILES string of the molecule is CCC(C)CN(C)S(=O)(=O)c1ccc(CNC2CC2)o1. The first kappa shape index (κ1) is 15.5. The maximum absolute atomic E-state index is 12.4. The zero-order chi connectivity index (χ0) is 14.8. The lowest BCUT2D eigenvalue weighted by atomic mass is 10.1. The van der Waals surface area contributed by atoms with Crippen molar-refractivity contribution in [1.82, 2.24) is 9.62 Å². The zero-order valence-electron chi connectivity index (χ0n) is 12.4. The molecule has 0 saturated heterocycles. The molecule has 1 atom stereocenters. The van der Waals surface area contributed by atoms with Crippen molar-refractivity contribution in [2.24, 2.45) is 5.92 Å². The number of hydrogen-bond acceptors (Lipinski definition) is 4. The number of rotatable bonds is 8. The Kier molecular flexibility index (Phi) is 4.88. The lowest BCUT2D eigenvalue weighted by Gasteiger charge is -2.18. The van der Waals surface area contributed by atoms with E-state index in [1.54, 1.807) is 19.2 Å². The van der Waals surface area contributed by atoms with E-state index in [2.05, 4.69) is 12.2 Å². The predicted molar refractivity (Wildman–Crippen MR) is 77.8 cm³/mol. The standard InChI is InChI=1S/C14H24N2O3S/c1-4-11(2)10-16(3)20(17,18)14-8-7-13(19-14)9-15-12-5-6-12/h7-8,11-12,15H,4-6,9-10H2,1-3H3. The Morgan fingerprint density at radius 1 is 1.45 bits per heavy atom. The van der Waals surface area contributed by atoms with Crippen LogP contribution in [0.15, 0.2) is 21.6 Å². The molecule has 1 heterocycles. The van der Waals surface area contributed by atoms with Gasteiger partial charge in [-0.15, -0.1) is 0 Å². The Morgan fingerprint density at radius 2 is 2.15 bits per heavy atom. The molecule has 114 valence electrons. The molecule has 6 heteroatoms. The van der Waals surface area contributed by atoms with Gasteiger partial charge in [0.2, 0.25) is 5.09 Å². The minimum absolute atomic E-state index is 0.0379. The molecule has 5 nitrogen and oxygen atoms in total. The van der Waals surface area contributed by atoms with Crippen molar-refractivity contribution in [2.75, 3.05) is 13.6 Å². The van der Waals surface area contributed by atoms with Crippen LogP contribution >= 0.6 is 0 Å². The Hall–Kier alpha value is -0.850. The lowest BCUT2D eigenvalue weighted by molar-refractivity contribution is 0.358. The first-order valence-corrected chi connectivity index (χ1v) is 8.66. The third-order valence-electron chi connectivity index (χ3n) is 3.71. The van der Waals surface area contributed by atoms with E-state index in [-0.39, 0.29) is 5.09 Å². The van der Waals surface area contributed by atoms with Crippen molar-refractivity contribution in [3.8, 4) is 0 Å². The second-order valence-electron chi connectivity index (χ2n) is 5.67. The Balaban J connectivity index is 2.00. The molecule has 20 heavy (non-hydrogen) atoms. The molecule has 1 fully saturated rings. The minimum atomic E-state index is -3.51. The van der Waals surface area contributed by atoms with Gasteiger partial charge in [-0.1, -0.05) is 20.3 Å². The molecule has 1 unspecified atom stereocenters. The number of nitrogens with zero attached hydrogens (tertiary/aromatic N) is 1. The van der Waals surface area contributed by atoms with Crippen molar-refractivity contribution in [2.45, 2.75) is 50.8 Å². The van der Waals surface area contributed by atoms with E-state index in [1.807, 2.05) is 6.92 Å². The molecule has 0 aromatic carbocycles. The maximum Gasteiger partial charge on any atom is 0.276 e. The van der Waals surface area contributed by atoms with Crippen molar-refractivity contribution >= 4 is 10.0 Å². The topological polar surface area (TPSA) is 62.6 Å². The van der Waals surface area contributed by atoms with E-state index in [9.17, 15) is 8.42 Å². The Bertz CT molecular complexity index is 534. The highest BCUT2D eigenvalue weighted by Crippen LogP contribution is 2.22. The van der Waals surface area contributed by atoms with E-state index in [0.717, 1.165) is 6.42 Å². The molecular formula is C14H24N2O3S. The summed E-state index contributed by atoms with van der Waals surface area (Å²) in [7, 11) is -1.90. The Labute approximate surface area is 121 Å². The first-order chi connectivity index (χ1) is 9.43. The van der Waals surface area contributed by atoms with Gasteiger partial charge in [0.15, 0.2) is 0 Å². The van der Waals surface area contributed by atoms with Crippen LogP contribution in [-0.4, -0.2) is 32.4 Å². The fourth-order valence-electron chi connectivity index (χ4n) is 1.94. The fraction of sp³-hybridized carbons (Fsp3) is 0.714. The van der Waals surface area contributed by atoms with Gasteiger partial charge in [0.25, 0.3) is 10.0 Å². The highest BCUT2D eigenvalue weighted by Gasteiger charge is 2.26. The summed E-state index contributed by atoms with van der Waals surface area (Å²) in [5, 5.41) is 3.34. The van der Waals surface area contributed by atoms with Crippen molar-refractivity contribution in [3.63, 3.8) is 0 Å². The summed E-state index contributed by atoms with van der Waals surface area (Å²) in [6.07, 6.45) is 3.35. The van der Waals surface area contributed by atoms with Gasteiger partial charge in [0.1, 0.15) is 5.76 Å². The summed E-state index contributed by atoms with van der Waals surface area (Å²) < 4.78 is 31.6. The molecule has 0 spiro atoms.